The minimum absolute atomic E-state index is 0.403. The van der Waals surface area contributed by atoms with Gasteiger partial charge >= 0.3 is 5.97 Å². The molecule has 0 bridgehead atoms. The number of carbonyl (C=O) groups is 1. The molecule has 2 rings (SSSR count). The summed E-state index contributed by atoms with van der Waals surface area (Å²) in [6.45, 7) is 2.68. The number of carboxylic acids is 1. The van der Waals surface area contributed by atoms with Crippen molar-refractivity contribution in [3.05, 3.63) is 47.5 Å². The molecule has 0 saturated heterocycles. The first-order valence-electron chi connectivity index (χ1n) is 6.75. The number of benzene rings is 1. The lowest BCUT2D eigenvalue weighted by Gasteiger charge is -2.30. The van der Waals surface area contributed by atoms with Crippen LogP contribution in [-0.4, -0.2) is 28.4 Å². The van der Waals surface area contributed by atoms with E-state index in [4.69, 9.17) is 0 Å². The number of hydrogen-bond donors (Lipinski definition) is 2. The quantitative estimate of drug-likeness (QED) is 0.731. The van der Waals surface area contributed by atoms with Crippen LogP contribution in [0.3, 0.4) is 0 Å². The average Bonchev–Trinajstić information content (AvgIpc) is 3.02. The van der Waals surface area contributed by atoms with Gasteiger partial charge in [-0.2, -0.15) is 0 Å². The molecule has 1 aromatic carbocycles. The minimum atomic E-state index is -1.09. The molecule has 1 unspecified atom stereocenters. The van der Waals surface area contributed by atoms with Crippen LogP contribution >= 0.6 is 23.1 Å². The van der Waals surface area contributed by atoms with Gasteiger partial charge in [-0.1, -0.05) is 49.0 Å². The van der Waals surface area contributed by atoms with Gasteiger partial charge in [-0.25, -0.2) is 9.78 Å². The summed E-state index contributed by atoms with van der Waals surface area (Å²) in [5.41, 5.74) is -0.317. The van der Waals surface area contributed by atoms with Gasteiger partial charge in [0, 0.05) is 17.3 Å². The van der Waals surface area contributed by atoms with Gasteiger partial charge in [0.1, 0.15) is 4.34 Å². The molecule has 2 N–H and O–H groups in total. The van der Waals surface area contributed by atoms with E-state index in [1.807, 2.05) is 42.6 Å². The van der Waals surface area contributed by atoms with Crippen LogP contribution in [-0.2, 0) is 10.3 Å². The fraction of sp³-hybridized carbons (Fsp3) is 0.333. The summed E-state index contributed by atoms with van der Waals surface area (Å²) in [4.78, 5) is 16.2. The number of aliphatic carboxylic acids is 1. The number of thioether (sulfide) groups is 1. The number of thiazole rings is 1. The Bertz CT molecular complexity index is 560. The van der Waals surface area contributed by atoms with Crippen molar-refractivity contribution in [1.82, 2.24) is 10.3 Å². The molecule has 0 amide bonds. The molecule has 0 aliphatic heterocycles. The van der Waals surface area contributed by atoms with E-state index in [9.17, 15) is 9.90 Å². The Labute approximate surface area is 132 Å². The number of nitrogens with zero attached hydrogens (tertiary/aromatic N) is 1. The van der Waals surface area contributed by atoms with Crippen LogP contribution in [0.4, 0.5) is 0 Å². The first-order chi connectivity index (χ1) is 10.2. The van der Waals surface area contributed by atoms with Crippen molar-refractivity contribution in [2.75, 3.05) is 12.3 Å². The molecule has 1 aromatic heterocycles. The zero-order chi connectivity index (χ0) is 15.1. The SMILES string of the molecule is CCCNC(CSc1nccs1)(C(=O)O)c1ccccc1. The molecule has 21 heavy (non-hydrogen) atoms. The molecule has 1 heterocycles. The molecule has 0 spiro atoms. The molecule has 2 aromatic rings. The van der Waals surface area contributed by atoms with E-state index < -0.39 is 11.5 Å². The normalized spacial score (nSPS) is 13.8. The maximum atomic E-state index is 12.0. The second-order valence-corrected chi connectivity index (χ2v) is 6.71. The van der Waals surface area contributed by atoms with Gasteiger partial charge in [-0.15, -0.1) is 11.3 Å². The van der Waals surface area contributed by atoms with Crippen LogP contribution in [0.5, 0.6) is 0 Å². The predicted molar refractivity (Wildman–Crippen MR) is 86.9 cm³/mol. The van der Waals surface area contributed by atoms with Gasteiger partial charge in [0.2, 0.25) is 0 Å². The molecule has 112 valence electrons. The van der Waals surface area contributed by atoms with Crippen LogP contribution in [0.15, 0.2) is 46.2 Å². The van der Waals surface area contributed by atoms with E-state index in [2.05, 4.69) is 10.3 Å². The second kappa shape index (κ2) is 7.59. The highest BCUT2D eigenvalue weighted by atomic mass is 32.2. The number of nitrogens with one attached hydrogen (secondary N) is 1. The Morgan fingerprint density at radius 2 is 2.19 bits per heavy atom. The highest BCUT2D eigenvalue weighted by Gasteiger charge is 2.40. The zero-order valence-electron chi connectivity index (χ0n) is 11.8. The van der Waals surface area contributed by atoms with Gasteiger partial charge in [0.25, 0.3) is 0 Å². The van der Waals surface area contributed by atoms with Crippen molar-refractivity contribution >= 4 is 29.1 Å². The van der Waals surface area contributed by atoms with E-state index >= 15 is 0 Å². The Kier molecular flexibility index (Phi) is 5.78. The number of hydrogen-bond acceptors (Lipinski definition) is 5. The van der Waals surface area contributed by atoms with Crippen molar-refractivity contribution in [2.45, 2.75) is 23.2 Å². The molecule has 0 aliphatic carbocycles. The van der Waals surface area contributed by atoms with E-state index in [-0.39, 0.29) is 0 Å². The summed E-state index contributed by atoms with van der Waals surface area (Å²) < 4.78 is 0.884. The van der Waals surface area contributed by atoms with Crippen LogP contribution in [0, 0.1) is 0 Å². The number of aromatic nitrogens is 1. The second-order valence-electron chi connectivity index (χ2n) is 4.59. The van der Waals surface area contributed by atoms with E-state index in [0.717, 1.165) is 16.3 Å². The average molecular weight is 322 g/mol. The third-order valence-corrected chi connectivity index (χ3v) is 5.27. The molecule has 0 radical (unpaired) electrons. The highest BCUT2D eigenvalue weighted by molar-refractivity contribution is 8.01. The Hall–Kier alpha value is -1.37. The van der Waals surface area contributed by atoms with Gasteiger partial charge < -0.3 is 5.11 Å². The van der Waals surface area contributed by atoms with Crippen molar-refractivity contribution in [2.24, 2.45) is 0 Å². The predicted octanol–water partition coefficient (Wildman–Crippen LogP) is 3.21. The first kappa shape index (κ1) is 16.0. The Morgan fingerprint density at radius 1 is 1.43 bits per heavy atom. The van der Waals surface area contributed by atoms with E-state index in [0.29, 0.717) is 12.3 Å². The van der Waals surface area contributed by atoms with Gasteiger partial charge in [-0.3, -0.25) is 5.32 Å². The van der Waals surface area contributed by atoms with Crippen molar-refractivity contribution in [3.8, 4) is 0 Å². The third-order valence-electron chi connectivity index (χ3n) is 3.13. The molecular formula is C15H18N2O2S2. The van der Waals surface area contributed by atoms with Gasteiger partial charge in [-0.05, 0) is 18.5 Å². The molecule has 0 saturated carbocycles. The Balaban J connectivity index is 2.28. The van der Waals surface area contributed by atoms with Crippen molar-refractivity contribution in [3.63, 3.8) is 0 Å². The summed E-state index contributed by atoms with van der Waals surface area (Å²) in [6, 6.07) is 9.35. The van der Waals surface area contributed by atoms with E-state index in [1.165, 1.54) is 23.1 Å². The fourth-order valence-electron chi connectivity index (χ4n) is 2.01. The standard InChI is InChI=1S/C15H18N2O2S2/c1-2-8-17-15(13(18)19,12-6-4-3-5-7-12)11-21-14-16-9-10-20-14/h3-7,9-10,17H,2,8,11H2,1H3,(H,18,19). The summed E-state index contributed by atoms with van der Waals surface area (Å²) in [7, 11) is 0. The van der Waals surface area contributed by atoms with E-state index in [1.54, 1.807) is 6.20 Å². The van der Waals surface area contributed by atoms with Crippen LogP contribution in [0.1, 0.15) is 18.9 Å². The third kappa shape index (κ3) is 3.84. The van der Waals surface area contributed by atoms with Gasteiger partial charge in [0.15, 0.2) is 5.54 Å². The summed E-state index contributed by atoms with van der Waals surface area (Å²) in [5.74, 6) is -0.453. The molecular weight excluding hydrogens is 304 g/mol. The summed E-state index contributed by atoms with van der Waals surface area (Å²) in [5, 5.41) is 15.0. The lowest BCUT2D eigenvalue weighted by atomic mass is 9.91. The summed E-state index contributed by atoms with van der Waals surface area (Å²) >= 11 is 3.00. The molecule has 1 atom stereocenters. The highest BCUT2D eigenvalue weighted by Crippen LogP contribution is 2.31. The zero-order valence-corrected chi connectivity index (χ0v) is 13.4. The lowest BCUT2D eigenvalue weighted by molar-refractivity contribution is -0.144. The first-order valence-corrected chi connectivity index (χ1v) is 8.62. The maximum Gasteiger partial charge on any atom is 0.329 e. The summed E-state index contributed by atoms with van der Waals surface area (Å²) in [6.07, 6.45) is 2.61. The van der Waals surface area contributed by atoms with Gasteiger partial charge in [0.05, 0.1) is 0 Å². The van der Waals surface area contributed by atoms with Crippen LogP contribution < -0.4 is 5.32 Å². The smallest absolute Gasteiger partial charge is 0.329 e. The van der Waals surface area contributed by atoms with Crippen molar-refractivity contribution in [1.29, 1.82) is 0 Å². The number of rotatable bonds is 8. The maximum absolute atomic E-state index is 12.0. The molecule has 0 aliphatic rings. The molecule has 0 fully saturated rings. The fourth-order valence-corrected chi connectivity index (χ4v) is 3.85. The number of carboxylic acid groups (broad SMARTS) is 1. The monoisotopic (exact) mass is 322 g/mol. The topological polar surface area (TPSA) is 62.2 Å². The molecule has 4 nitrogen and oxygen atoms in total. The minimum Gasteiger partial charge on any atom is -0.480 e. The largest absolute Gasteiger partial charge is 0.480 e. The van der Waals surface area contributed by atoms with Crippen LogP contribution in [0.2, 0.25) is 0 Å². The Morgan fingerprint density at radius 3 is 2.76 bits per heavy atom. The van der Waals surface area contributed by atoms with Crippen molar-refractivity contribution < 1.29 is 9.90 Å². The van der Waals surface area contributed by atoms with Crippen LogP contribution in [0.25, 0.3) is 0 Å². The lowest BCUT2D eigenvalue weighted by Crippen LogP contribution is -2.51. The molecule has 6 heteroatoms.